The number of aliphatic hydroxyl groups is 2. The Hall–Kier alpha value is -0.960. The maximum atomic E-state index is 10.3. The van der Waals surface area contributed by atoms with Gasteiger partial charge in [-0.15, -0.1) is 0 Å². The highest BCUT2D eigenvalue weighted by Gasteiger charge is 2.05. The number of carboxylic acid groups (broad SMARTS) is 2. The van der Waals surface area contributed by atoms with E-state index in [1.807, 2.05) is 0 Å². The molecule has 0 aromatic carbocycles. The molecule has 6 nitrogen and oxygen atoms in total. The second-order valence-corrected chi connectivity index (χ2v) is 7.11. The van der Waals surface area contributed by atoms with Crippen LogP contribution in [0.5, 0.6) is 0 Å². The normalized spacial score (nSPS) is 14.5. The van der Waals surface area contributed by atoms with Gasteiger partial charge in [-0.3, -0.25) is 9.59 Å². The van der Waals surface area contributed by atoms with Crippen molar-refractivity contribution in [3.63, 3.8) is 0 Å². The molecule has 2 atom stereocenters. The zero-order chi connectivity index (χ0) is 16.8. The molecule has 0 aliphatic heterocycles. The van der Waals surface area contributed by atoms with E-state index in [1.165, 1.54) is 12.2 Å². The Kier molecular flexibility index (Phi) is 13.1. The molecule has 0 aromatic heterocycles. The summed E-state index contributed by atoms with van der Waals surface area (Å²) in [5.74, 6) is -0.342. The quantitative estimate of drug-likeness (QED) is 0.226. The first-order valence-corrected chi connectivity index (χ1v) is 9.28. The first-order chi connectivity index (χ1) is 10.4. The lowest BCUT2D eigenvalue weighted by molar-refractivity contribution is -0.139. The van der Waals surface area contributed by atoms with Gasteiger partial charge in [-0.2, -0.15) is 0 Å². The Morgan fingerprint density at radius 1 is 0.818 bits per heavy atom. The van der Waals surface area contributed by atoms with Crippen molar-refractivity contribution in [3.8, 4) is 0 Å². The van der Waals surface area contributed by atoms with Gasteiger partial charge >= 0.3 is 11.9 Å². The van der Waals surface area contributed by atoms with Crippen LogP contribution in [0.1, 0.15) is 25.7 Å². The van der Waals surface area contributed by atoms with E-state index in [0.717, 1.165) is 24.3 Å². The van der Waals surface area contributed by atoms with Crippen LogP contribution >= 0.6 is 21.6 Å². The SMILES string of the molecule is O=C(O)CC(O)C=CCCSSCCC=CC(O)CC(=O)O. The van der Waals surface area contributed by atoms with Crippen molar-refractivity contribution in [1.82, 2.24) is 0 Å². The summed E-state index contributed by atoms with van der Waals surface area (Å²) in [6.07, 6.45) is 5.60. The third-order valence-electron chi connectivity index (χ3n) is 2.30. The molecular formula is C14H22O6S2. The molecule has 0 aromatic rings. The summed E-state index contributed by atoms with van der Waals surface area (Å²) in [4.78, 5) is 20.6. The van der Waals surface area contributed by atoms with E-state index in [1.54, 1.807) is 33.7 Å². The average Bonchev–Trinajstić information content (AvgIpc) is 2.39. The van der Waals surface area contributed by atoms with E-state index in [-0.39, 0.29) is 12.8 Å². The molecule has 0 heterocycles. The third-order valence-corrected chi connectivity index (χ3v) is 4.77. The number of aliphatic hydroxyl groups excluding tert-OH is 2. The fraction of sp³-hybridized carbons (Fsp3) is 0.571. The maximum absolute atomic E-state index is 10.3. The van der Waals surface area contributed by atoms with Crippen molar-refractivity contribution >= 4 is 33.5 Å². The number of carbonyl (C=O) groups is 2. The Morgan fingerprint density at radius 2 is 1.18 bits per heavy atom. The molecule has 8 heteroatoms. The molecule has 0 spiro atoms. The van der Waals surface area contributed by atoms with E-state index in [2.05, 4.69) is 0 Å². The molecule has 0 aliphatic carbocycles. The molecule has 0 radical (unpaired) electrons. The lowest BCUT2D eigenvalue weighted by Gasteiger charge is -2.01. The minimum atomic E-state index is -1.02. The minimum Gasteiger partial charge on any atom is -0.481 e. The van der Waals surface area contributed by atoms with E-state index >= 15 is 0 Å². The summed E-state index contributed by atoms with van der Waals surface area (Å²) >= 11 is 0. The molecule has 22 heavy (non-hydrogen) atoms. The third kappa shape index (κ3) is 15.4. The molecular weight excluding hydrogens is 328 g/mol. The second kappa shape index (κ2) is 13.7. The number of hydrogen-bond acceptors (Lipinski definition) is 6. The van der Waals surface area contributed by atoms with E-state index < -0.39 is 24.1 Å². The predicted octanol–water partition coefficient (Wildman–Crippen LogP) is 1.93. The topological polar surface area (TPSA) is 115 Å². The van der Waals surface area contributed by atoms with Gasteiger partial charge in [-0.1, -0.05) is 45.9 Å². The highest BCUT2D eigenvalue weighted by atomic mass is 33.1. The van der Waals surface area contributed by atoms with Crippen LogP contribution in [0.2, 0.25) is 0 Å². The van der Waals surface area contributed by atoms with Gasteiger partial charge in [0.15, 0.2) is 0 Å². The van der Waals surface area contributed by atoms with Crippen LogP contribution in [0.4, 0.5) is 0 Å². The van der Waals surface area contributed by atoms with Crippen molar-refractivity contribution in [2.75, 3.05) is 11.5 Å². The zero-order valence-electron chi connectivity index (χ0n) is 12.1. The summed E-state index contributed by atoms with van der Waals surface area (Å²) in [5, 5.41) is 35.5. The smallest absolute Gasteiger partial charge is 0.306 e. The molecule has 0 amide bonds. The van der Waals surface area contributed by atoms with Gasteiger partial charge in [-0.05, 0) is 12.8 Å². The first kappa shape index (κ1) is 21.0. The monoisotopic (exact) mass is 350 g/mol. The molecule has 0 fully saturated rings. The lowest BCUT2D eigenvalue weighted by Crippen LogP contribution is -2.09. The molecule has 2 unspecified atom stereocenters. The summed E-state index contributed by atoms with van der Waals surface area (Å²) in [6.45, 7) is 0. The van der Waals surface area contributed by atoms with Crippen LogP contribution in [-0.2, 0) is 9.59 Å². The van der Waals surface area contributed by atoms with E-state index in [9.17, 15) is 19.8 Å². The summed E-state index contributed by atoms with van der Waals surface area (Å²) in [6, 6.07) is 0. The standard InChI is InChI=1S/C14H22O6S2/c15-11(9-13(17)18)5-1-3-7-21-22-8-4-2-6-12(16)10-14(19)20/h1-2,5-6,11-12,15-16H,3-4,7-10H2,(H,17,18)(H,19,20). The Morgan fingerprint density at radius 3 is 1.50 bits per heavy atom. The molecule has 0 bridgehead atoms. The van der Waals surface area contributed by atoms with Crippen LogP contribution < -0.4 is 0 Å². The van der Waals surface area contributed by atoms with Gasteiger partial charge in [-0.25, -0.2) is 0 Å². The highest BCUT2D eigenvalue weighted by Crippen LogP contribution is 2.23. The zero-order valence-corrected chi connectivity index (χ0v) is 13.8. The Balaban J connectivity index is 3.47. The summed E-state index contributed by atoms with van der Waals surface area (Å²) in [5.41, 5.74) is 0. The van der Waals surface area contributed by atoms with E-state index in [4.69, 9.17) is 10.2 Å². The lowest BCUT2D eigenvalue weighted by atomic mass is 10.2. The van der Waals surface area contributed by atoms with Crippen molar-refractivity contribution in [1.29, 1.82) is 0 Å². The second-order valence-electron chi connectivity index (χ2n) is 4.41. The van der Waals surface area contributed by atoms with Crippen molar-refractivity contribution in [2.45, 2.75) is 37.9 Å². The fourth-order valence-electron chi connectivity index (χ4n) is 1.35. The summed E-state index contributed by atoms with van der Waals surface area (Å²) in [7, 11) is 3.33. The molecule has 4 N–H and O–H groups in total. The van der Waals surface area contributed by atoms with Crippen molar-refractivity contribution in [2.24, 2.45) is 0 Å². The Bertz CT molecular complexity index is 348. The van der Waals surface area contributed by atoms with Gasteiger partial charge in [0.2, 0.25) is 0 Å². The average molecular weight is 350 g/mol. The van der Waals surface area contributed by atoms with Crippen LogP contribution in [-0.4, -0.2) is 56.1 Å². The number of rotatable bonds is 13. The van der Waals surface area contributed by atoms with Crippen LogP contribution in [0.25, 0.3) is 0 Å². The molecule has 0 saturated heterocycles. The van der Waals surface area contributed by atoms with Crippen LogP contribution in [0.3, 0.4) is 0 Å². The van der Waals surface area contributed by atoms with Gasteiger partial charge < -0.3 is 20.4 Å². The van der Waals surface area contributed by atoms with Crippen LogP contribution in [0, 0.1) is 0 Å². The number of hydrogen-bond donors (Lipinski definition) is 4. The number of carboxylic acids is 2. The number of aliphatic carboxylic acids is 2. The van der Waals surface area contributed by atoms with Crippen molar-refractivity contribution in [3.05, 3.63) is 24.3 Å². The van der Waals surface area contributed by atoms with Crippen LogP contribution in [0.15, 0.2) is 24.3 Å². The van der Waals surface area contributed by atoms with Gasteiger partial charge in [0.25, 0.3) is 0 Å². The maximum Gasteiger partial charge on any atom is 0.306 e. The molecule has 0 rings (SSSR count). The largest absolute Gasteiger partial charge is 0.481 e. The summed E-state index contributed by atoms with van der Waals surface area (Å²) < 4.78 is 0. The van der Waals surface area contributed by atoms with Gasteiger partial charge in [0, 0.05) is 11.5 Å². The molecule has 0 aliphatic rings. The van der Waals surface area contributed by atoms with Gasteiger partial charge in [0.05, 0.1) is 25.0 Å². The first-order valence-electron chi connectivity index (χ1n) is 6.79. The Labute approximate surface area is 137 Å². The predicted molar refractivity (Wildman–Crippen MR) is 88.9 cm³/mol. The van der Waals surface area contributed by atoms with E-state index in [0.29, 0.717) is 0 Å². The fourth-order valence-corrected chi connectivity index (χ4v) is 3.34. The number of allylic oxidation sites excluding steroid dienone is 2. The van der Waals surface area contributed by atoms with Gasteiger partial charge in [0.1, 0.15) is 0 Å². The minimum absolute atomic E-state index is 0.279. The molecule has 126 valence electrons. The molecule has 0 saturated carbocycles. The highest BCUT2D eigenvalue weighted by molar-refractivity contribution is 8.76. The van der Waals surface area contributed by atoms with Crippen molar-refractivity contribution < 1.29 is 30.0 Å².